The standard InChI is InChI=1S/C10H23NO4S/c1-10(9-16(3,12)13)11-5-4-6-15-8-7-14-2/h10-11H,4-9H2,1-3H3. The highest BCUT2D eigenvalue weighted by Crippen LogP contribution is 1.90. The van der Waals surface area contributed by atoms with Gasteiger partial charge in [-0.1, -0.05) is 0 Å². The predicted octanol–water partition coefficient (Wildman–Crippen LogP) is 0.0622. The van der Waals surface area contributed by atoms with E-state index in [4.69, 9.17) is 9.47 Å². The number of hydrogen-bond acceptors (Lipinski definition) is 5. The van der Waals surface area contributed by atoms with Crippen LogP contribution >= 0.6 is 0 Å². The van der Waals surface area contributed by atoms with E-state index in [0.29, 0.717) is 19.8 Å². The molecule has 0 aromatic heterocycles. The van der Waals surface area contributed by atoms with Crippen LogP contribution in [0.2, 0.25) is 0 Å². The summed E-state index contributed by atoms with van der Waals surface area (Å²) in [5.74, 6) is 0.178. The van der Waals surface area contributed by atoms with Crippen molar-refractivity contribution in [2.75, 3.05) is 45.5 Å². The van der Waals surface area contributed by atoms with E-state index in [1.807, 2.05) is 6.92 Å². The second kappa shape index (κ2) is 8.92. The summed E-state index contributed by atoms with van der Waals surface area (Å²) in [6.45, 7) is 4.52. The van der Waals surface area contributed by atoms with Gasteiger partial charge in [0.2, 0.25) is 0 Å². The second-order valence-corrected chi connectivity index (χ2v) is 6.09. The average Bonchev–Trinajstić information content (AvgIpc) is 2.13. The first-order valence-corrected chi connectivity index (χ1v) is 7.49. The Kier molecular flexibility index (Phi) is 8.83. The molecule has 0 amide bonds. The molecule has 0 aromatic rings. The van der Waals surface area contributed by atoms with Crippen LogP contribution in [-0.2, 0) is 19.3 Å². The van der Waals surface area contributed by atoms with Crippen molar-refractivity contribution in [1.82, 2.24) is 5.32 Å². The zero-order chi connectivity index (χ0) is 12.4. The molecule has 0 aliphatic heterocycles. The van der Waals surface area contributed by atoms with E-state index in [1.54, 1.807) is 7.11 Å². The van der Waals surface area contributed by atoms with E-state index >= 15 is 0 Å². The van der Waals surface area contributed by atoms with Crippen molar-refractivity contribution < 1.29 is 17.9 Å². The summed E-state index contributed by atoms with van der Waals surface area (Å²) >= 11 is 0. The van der Waals surface area contributed by atoms with Gasteiger partial charge in [0.25, 0.3) is 0 Å². The van der Waals surface area contributed by atoms with Crippen molar-refractivity contribution >= 4 is 9.84 Å². The van der Waals surface area contributed by atoms with Gasteiger partial charge < -0.3 is 14.8 Å². The van der Waals surface area contributed by atoms with Gasteiger partial charge in [0, 0.05) is 26.0 Å². The molecule has 0 bridgehead atoms. The van der Waals surface area contributed by atoms with Crippen LogP contribution in [0.5, 0.6) is 0 Å². The maximum absolute atomic E-state index is 11.0. The van der Waals surface area contributed by atoms with E-state index in [2.05, 4.69) is 5.32 Å². The van der Waals surface area contributed by atoms with Gasteiger partial charge in [-0.05, 0) is 19.9 Å². The molecule has 0 spiro atoms. The molecule has 1 N–H and O–H groups in total. The molecule has 0 radical (unpaired) electrons. The number of nitrogens with one attached hydrogen (secondary N) is 1. The summed E-state index contributed by atoms with van der Waals surface area (Å²) in [5.41, 5.74) is 0. The predicted molar refractivity (Wildman–Crippen MR) is 64.5 cm³/mol. The zero-order valence-electron chi connectivity index (χ0n) is 10.4. The highest BCUT2D eigenvalue weighted by molar-refractivity contribution is 7.90. The molecule has 0 saturated carbocycles. The normalized spacial score (nSPS) is 13.9. The van der Waals surface area contributed by atoms with Crippen LogP contribution in [0.3, 0.4) is 0 Å². The van der Waals surface area contributed by atoms with E-state index in [0.717, 1.165) is 13.0 Å². The maximum Gasteiger partial charge on any atom is 0.148 e. The third-order valence-corrected chi connectivity index (χ3v) is 3.05. The van der Waals surface area contributed by atoms with Gasteiger partial charge in [-0.15, -0.1) is 0 Å². The van der Waals surface area contributed by atoms with Crippen LogP contribution in [0.4, 0.5) is 0 Å². The number of hydrogen-bond donors (Lipinski definition) is 1. The minimum Gasteiger partial charge on any atom is -0.382 e. The quantitative estimate of drug-likeness (QED) is 0.558. The molecular weight excluding hydrogens is 230 g/mol. The number of sulfone groups is 1. The van der Waals surface area contributed by atoms with Gasteiger partial charge >= 0.3 is 0 Å². The van der Waals surface area contributed by atoms with Crippen LogP contribution < -0.4 is 5.32 Å². The fourth-order valence-electron chi connectivity index (χ4n) is 1.28. The summed E-state index contributed by atoms with van der Waals surface area (Å²) in [5, 5.41) is 3.14. The van der Waals surface area contributed by atoms with Gasteiger partial charge in [-0.3, -0.25) is 0 Å². The van der Waals surface area contributed by atoms with Gasteiger partial charge in [0.05, 0.1) is 19.0 Å². The van der Waals surface area contributed by atoms with Crippen molar-refractivity contribution in [3.63, 3.8) is 0 Å². The SMILES string of the molecule is COCCOCCCNC(C)CS(C)(=O)=O. The van der Waals surface area contributed by atoms with E-state index in [9.17, 15) is 8.42 Å². The van der Waals surface area contributed by atoms with Gasteiger partial charge in [0.1, 0.15) is 9.84 Å². The van der Waals surface area contributed by atoms with E-state index < -0.39 is 9.84 Å². The first kappa shape index (κ1) is 15.8. The first-order chi connectivity index (χ1) is 7.45. The third kappa shape index (κ3) is 11.9. The lowest BCUT2D eigenvalue weighted by molar-refractivity contribution is 0.0693. The van der Waals surface area contributed by atoms with Crippen LogP contribution in [0.15, 0.2) is 0 Å². The van der Waals surface area contributed by atoms with Gasteiger partial charge in [0.15, 0.2) is 0 Å². The molecule has 0 heterocycles. The minimum absolute atomic E-state index is 0.00558. The molecule has 1 unspecified atom stereocenters. The summed E-state index contributed by atoms with van der Waals surface area (Å²) < 4.78 is 32.0. The zero-order valence-corrected chi connectivity index (χ0v) is 11.2. The lowest BCUT2D eigenvalue weighted by atomic mass is 10.3. The number of rotatable bonds is 10. The lowest BCUT2D eigenvalue weighted by Crippen LogP contribution is -2.33. The Labute approximate surface area is 98.4 Å². The average molecular weight is 253 g/mol. The Bertz CT molecular complexity index is 254. The van der Waals surface area contributed by atoms with E-state index in [1.165, 1.54) is 6.26 Å². The van der Waals surface area contributed by atoms with Crippen LogP contribution in [-0.4, -0.2) is 59.9 Å². The van der Waals surface area contributed by atoms with Crippen LogP contribution in [0, 0.1) is 0 Å². The molecule has 0 rings (SSSR count). The van der Waals surface area contributed by atoms with Crippen molar-refractivity contribution in [2.45, 2.75) is 19.4 Å². The molecule has 5 nitrogen and oxygen atoms in total. The fraction of sp³-hybridized carbons (Fsp3) is 1.00. The molecular formula is C10H23NO4S. The Morgan fingerprint density at radius 1 is 1.25 bits per heavy atom. The highest BCUT2D eigenvalue weighted by atomic mass is 32.2. The molecule has 1 atom stereocenters. The summed E-state index contributed by atoms with van der Waals surface area (Å²) in [7, 11) is -1.25. The monoisotopic (exact) mass is 253 g/mol. The van der Waals surface area contributed by atoms with E-state index in [-0.39, 0.29) is 11.8 Å². The fourth-order valence-corrected chi connectivity index (χ4v) is 2.31. The highest BCUT2D eigenvalue weighted by Gasteiger charge is 2.08. The topological polar surface area (TPSA) is 64.6 Å². The van der Waals surface area contributed by atoms with Crippen molar-refractivity contribution in [1.29, 1.82) is 0 Å². The second-order valence-electron chi connectivity index (χ2n) is 3.91. The minimum atomic E-state index is -2.89. The Hall–Kier alpha value is -0.170. The van der Waals surface area contributed by atoms with Crippen LogP contribution in [0.1, 0.15) is 13.3 Å². The molecule has 0 saturated heterocycles. The van der Waals surface area contributed by atoms with Gasteiger partial charge in [-0.2, -0.15) is 0 Å². The Morgan fingerprint density at radius 2 is 1.94 bits per heavy atom. The lowest BCUT2D eigenvalue weighted by Gasteiger charge is -2.12. The molecule has 0 aromatic carbocycles. The largest absolute Gasteiger partial charge is 0.382 e. The van der Waals surface area contributed by atoms with Crippen LogP contribution in [0.25, 0.3) is 0 Å². The molecule has 6 heteroatoms. The smallest absolute Gasteiger partial charge is 0.148 e. The third-order valence-electron chi connectivity index (χ3n) is 1.94. The Morgan fingerprint density at radius 3 is 2.50 bits per heavy atom. The number of methoxy groups -OCH3 is 1. The summed E-state index contributed by atoms with van der Waals surface area (Å²) in [4.78, 5) is 0. The molecule has 0 aliphatic carbocycles. The first-order valence-electron chi connectivity index (χ1n) is 5.43. The van der Waals surface area contributed by atoms with Crippen molar-refractivity contribution in [3.8, 4) is 0 Å². The van der Waals surface area contributed by atoms with Crippen molar-refractivity contribution in [2.24, 2.45) is 0 Å². The molecule has 16 heavy (non-hydrogen) atoms. The van der Waals surface area contributed by atoms with Gasteiger partial charge in [-0.25, -0.2) is 8.42 Å². The summed E-state index contributed by atoms with van der Waals surface area (Å²) in [6.07, 6.45) is 2.12. The summed E-state index contributed by atoms with van der Waals surface area (Å²) in [6, 6.07) is -0.00558. The molecule has 98 valence electrons. The van der Waals surface area contributed by atoms with Crippen molar-refractivity contribution in [3.05, 3.63) is 0 Å². The maximum atomic E-state index is 11.0. The molecule has 0 aliphatic rings. The molecule has 0 fully saturated rings. The Balaban J connectivity index is 3.31. The number of ether oxygens (including phenoxy) is 2.